The number of aryl methyl sites for hydroxylation is 1. The van der Waals surface area contributed by atoms with Crippen LogP contribution in [0.1, 0.15) is 67.0 Å². The number of carbonyl (C=O) groups is 2. The summed E-state index contributed by atoms with van der Waals surface area (Å²) in [5.74, 6) is -0.575. The zero-order chi connectivity index (χ0) is 43.6. The Morgan fingerprint density at radius 3 is 2.44 bits per heavy atom. The minimum Gasteiger partial charge on any atom is -0.494 e. The molecule has 1 aromatic heterocycles. The van der Waals surface area contributed by atoms with Gasteiger partial charge in [-0.25, -0.2) is 0 Å². The van der Waals surface area contributed by atoms with E-state index in [0.717, 1.165) is 22.4 Å². The van der Waals surface area contributed by atoms with Crippen molar-refractivity contribution in [3.63, 3.8) is 0 Å². The number of nitrogens with zero attached hydrogens (tertiary/aromatic N) is 5. The largest absolute Gasteiger partial charge is 0.494 e. The first-order chi connectivity index (χ1) is 30.0. The predicted octanol–water partition coefficient (Wildman–Crippen LogP) is 7.16. The number of unbranched alkanes of at least 4 members (excludes halogenated alkanes) is 1. The van der Waals surface area contributed by atoms with Crippen LogP contribution in [0.5, 0.6) is 5.75 Å². The molecule has 0 radical (unpaired) electrons. The molecular weight excluding hydrogens is 804 g/mol. The Hall–Kier alpha value is -5.25. The zero-order valence-corrected chi connectivity index (χ0v) is 36.9. The Balaban J connectivity index is 1.18. The highest BCUT2D eigenvalue weighted by Gasteiger charge is 2.66. The van der Waals surface area contributed by atoms with E-state index in [0.29, 0.717) is 73.8 Å². The van der Waals surface area contributed by atoms with Crippen molar-refractivity contribution in [3.05, 3.63) is 131 Å². The van der Waals surface area contributed by atoms with Crippen molar-refractivity contribution in [1.82, 2.24) is 20.3 Å². The molecule has 1 spiro atoms. The second-order valence-electron chi connectivity index (χ2n) is 17.2. The van der Waals surface area contributed by atoms with Gasteiger partial charge in [0.05, 0.1) is 54.9 Å². The molecule has 1 saturated heterocycles. The van der Waals surface area contributed by atoms with Gasteiger partial charge in [0.25, 0.3) is 5.91 Å². The van der Waals surface area contributed by atoms with Crippen molar-refractivity contribution < 1.29 is 33.4 Å². The van der Waals surface area contributed by atoms with Crippen molar-refractivity contribution in [2.75, 3.05) is 36.2 Å². The van der Waals surface area contributed by atoms with Gasteiger partial charge in [-0.05, 0) is 105 Å². The first-order valence-electron chi connectivity index (χ1n) is 21.8. The fraction of sp³-hybridized carbons (Fsp3) is 0.417. The topological polar surface area (TPSA) is 142 Å². The number of amides is 2. The van der Waals surface area contributed by atoms with Gasteiger partial charge in [0.2, 0.25) is 14.3 Å². The molecule has 0 saturated carbocycles. The highest BCUT2D eigenvalue weighted by molar-refractivity contribution is 6.72. The van der Waals surface area contributed by atoms with E-state index in [-0.39, 0.29) is 37.5 Å². The number of rotatable bonds is 17. The Morgan fingerprint density at radius 2 is 1.73 bits per heavy atom. The van der Waals surface area contributed by atoms with E-state index in [9.17, 15) is 15.0 Å². The monoisotopic (exact) mass is 860 g/mol. The molecule has 4 aromatic carbocycles. The normalized spacial score (nSPS) is 22.6. The summed E-state index contributed by atoms with van der Waals surface area (Å²) in [6, 6.07) is 30.4. The van der Waals surface area contributed by atoms with E-state index in [1.807, 2.05) is 117 Å². The van der Waals surface area contributed by atoms with E-state index in [4.69, 9.17) is 9.47 Å². The average Bonchev–Trinajstić information content (AvgIpc) is 3.92. The molecule has 1 fully saturated rings. The van der Waals surface area contributed by atoms with Gasteiger partial charge >= 0.3 is 0 Å². The highest BCUT2D eigenvalue weighted by Crippen LogP contribution is 2.61. The molecule has 4 heterocycles. The van der Waals surface area contributed by atoms with Gasteiger partial charge in [-0.2, -0.15) is 0 Å². The maximum Gasteiger partial charge on any atom is 0.264 e. The molecule has 2 amide bonds. The molecule has 6 atom stereocenters. The Bertz CT molecular complexity index is 2360. The lowest BCUT2D eigenvalue weighted by molar-refractivity contribution is -0.146. The van der Waals surface area contributed by atoms with E-state index in [1.54, 1.807) is 27.6 Å². The standard InChI is InChI=1S/C48H57FN6O6Si/c1-5-60-37-19-21-42-35(26-37)27-40(50-23-12-13-25-56)46(58)55(42)36-18-20-43-39(28-36)48(47(59)54(43)29-33-14-8-6-9-15-33)32(2)45(62(3,4)49)44(61-48)22-24-53-30-41(51-52-53)38(31-57)34-16-10-7-11-17-34/h6-11,14-21,26,28,30,32,38,40,44-45,50,56-57H,5,12-13,22-25,27,29,31H2,1-4H3/t32-,38?,40?,44+,45-,48+/m1/s1. The van der Waals surface area contributed by atoms with Gasteiger partial charge in [-0.15, -0.1) is 5.10 Å². The van der Waals surface area contributed by atoms with Crippen LogP contribution in [-0.4, -0.2) is 83.9 Å². The van der Waals surface area contributed by atoms with Crippen LogP contribution in [0.25, 0.3) is 0 Å². The molecule has 12 nitrogen and oxygen atoms in total. The molecule has 3 N–H and O–H groups in total. The summed E-state index contributed by atoms with van der Waals surface area (Å²) in [7, 11) is -3.51. The van der Waals surface area contributed by atoms with Gasteiger partial charge in [-0.1, -0.05) is 72.8 Å². The van der Waals surface area contributed by atoms with Crippen LogP contribution in [0, 0.1) is 5.92 Å². The van der Waals surface area contributed by atoms with Crippen LogP contribution in [0.3, 0.4) is 0 Å². The van der Waals surface area contributed by atoms with E-state index < -0.39 is 37.6 Å². The number of halogens is 1. The van der Waals surface area contributed by atoms with Gasteiger partial charge in [0, 0.05) is 42.1 Å². The van der Waals surface area contributed by atoms with Crippen molar-refractivity contribution in [2.24, 2.45) is 5.92 Å². The molecule has 2 unspecified atom stereocenters. The lowest BCUT2D eigenvalue weighted by Gasteiger charge is -2.36. The molecule has 326 valence electrons. The van der Waals surface area contributed by atoms with Crippen molar-refractivity contribution in [2.45, 2.75) is 94.9 Å². The van der Waals surface area contributed by atoms with Gasteiger partial charge in [0.1, 0.15) is 5.75 Å². The third kappa shape index (κ3) is 8.22. The zero-order valence-electron chi connectivity index (χ0n) is 35.9. The highest BCUT2D eigenvalue weighted by atomic mass is 28.4. The predicted molar refractivity (Wildman–Crippen MR) is 239 cm³/mol. The molecule has 14 heteroatoms. The summed E-state index contributed by atoms with van der Waals surface area (Å²) in [4.78, 5) is 33.4. The smallest absolute Gasteiger partial charge is 0.264 e. The number of benzene rings is 4. The third-order valence-electron chi connectivity index (χ3n) is 12.8. The SMILES string of the molecule is CCOc1ccc2c(c1)CC(NCCCCO)C(=O)N2c1ccc2c(c1)[C@]1(O[C@@H](CCn3cc(C(CO)c4ccccc4)nn3)[C@H]([Si](C)(C)F)[C@H]1C)C(=O)N2Cc1ccccc1. The fourth-order valence-electron chi connectivity index (χ4n) is 9.98. The van der Waals surface area contributed by atoms with Crippen LogP contribution in [0.2, 0.25) is 18.6 Å². The quantitative estimate of drug-likeness (QED) is 0.0505. The summed E-state index contributed by atoms with van der Waals surface area (Å²) in [6.07, 6.45) is 3.36. The number of aromatic nitrogens is 3. The molecule has 0 aliphatic carbocycles. The first kappa shape index (κ1) is 43.4. The number of carbonyl (C=O) groups excluding carboxylic acids is 2. The van der Waals surface area contributed by atoms with E-state index in [1.165, 1.54) is 0 Å². The van der Waals surface area contributed by atoms with Crippen LogP contribution in [-0.2, 0) is 39.4 Å². The summed E-state index contributed by atoms with van der Waals surface area (Å²) >= 11 is 0. The Kier molecular flexibility index (Phi) is 12.8. The molecule has 0 bridgehead atoms. The minimum atomic E-state index is -3.51. The number of hydrogen-bond donors (Lipinski definition) is 3. The maximum atomic E-state index is 16.9. The molecule has 8 rings (SSSR count). The first-order valence-corrected chi connectivity index (χ1v) is 24.8. The lowest BCUT2D eigenvalue weighted by Crippen LogP contribution is -2.49. The number of nitrogens with one attached hydrogen (secondary N) is 1. The van der Waals surface area contributed by atoms with Crippen LogP contribution in [0.4, 0.5) is 21.2 Å². The molecule has 3 aliphatic heterocycles. The minimum absolute atomic E-state index is 0.0787. The van der Waals surface area contributed by atoms with E-state index >= 15 is 8.90 Å². The molecule has 5 aromatic rings. The Labute approximate surface area is 363 Å². The lowest BCUT2D eigenvalue weighted by atomic mass is 9.82. The van der Waals surface area contributed by atoms with E-state index in [2.05, 4.69) is 15.6 Å². The van der Waals surface area contributed by atoms with Crippen molar-refractivity contribution in [1.29, 1.82) is 0 Å². The Morgan fingerprint density at radius 1 is 0.984 bits per heavy atom. The second-order valence-corrected chi connectivity index (χ2v) is 21.0. The number of hydrogen-bond acceptors (Lipinski definition) is 9. The summed E-state index contributed by atoms with van der Waals surface area (Å²) in [6.45, 7) is 8.91. The number of anilines is 3. The number of aliphatic hydroxyl groups is 2. The van der Waals surface area contributed by atoms with Gasteiger partial charge in [-0.3, -0.25) is 19.2 Å². The number of ether oxygens (including phenoxy) is 2. The van der Waals surface area contributed by atoms with Crippen LogP contribution in [0.15, 0.2) is 103 Å². The molecule has 3 aliphatic rings. The van der Waals surface area contributed by atoms with Crippen LogP contribution < -0.4 is 19.9 Å². The summed E-state index contributed by atoms with van der Waals surface area (Å²) in [5, 5.41) is 31.9. The molecular formula is C48H57FN6O6Si. The summed E-state index contributed by atoms with van der Waals surface area (Å²) < 4.78 is 31.6. The van der Waals surface area contributed by atoms with Gasteiger partial charge in [0.15, 0.2) is 5.60 Å². The second kappa shape index (κ2) is 18.2. The molecule has 62 heavy (non-hydrogen) atoms. The van der Waals surface area contributed by atoms with Crippen molar-refractivity contribution in [3.8, 4) is 5.75 Å². The average molecular weight is 861 g/mol. The summed E-state index contributed by atoms with van der Waals surface area (Å²) in [5.41, 5.74) is 3.92. The van der Waals surface area contributed by atoms with Gasteiger partial charge < -0.3 is 34.0 Å². The maximum absolute atomic E-state index is 16.9. The fourth-order valence-corrected chi connectivity index (χ4v) is 12.5. The third-order valence-corrected chi connectivity index (χ3v) is 15.3. The number of fused-ring (bicyclic) bond motifs is 3. The van der Waals surface area contributed by atoms with Crippen molar-refractivity contribution >= 4 is 37.3 Å². The number of aliphatic hydroxyl groups excluding tert-OH is 2. The van der Waals surface area contributed by atoms with Crippen LogP contribution >= 0.6 is 0 Å².